The van der Waals surface area contributed by atoms with Crippen LogP contribution in [0.1, 0.15) is 18.4 Å². The smallest absolute Gasteiger partial charge is 0.322 e. The van der Waals surface area contributed by atoms with Crippen LogP contribution in [0, 0.1) is 0 Å². The largest absolute Gasteiger partial charge is 0.376 e. The van der Waals surface area contributed by atoms with Gasteiger partial charge in [0.05, 0.1) is 11.8 Å². The fourth-order valence-corrected chi connectivity index (χ4v) is 3.59. The maximum Gasteiger partial charge on any atom is 0.322 e. The summed E-state index contributed by atoms with van der Waals surface area (Å²) in [7, 11) is 0. The van der Waals surface area contributed by atoms with Crippen molar-refractivity contribution in [3.63, 3.8) is 0 Å². The van der Waals surface area contributed by atoms with Crippen molar-refractivity contribution in [1.29, 1.82) is 0 Å². The van der Waals surface area contributed by atoms with Crippen molar-refractivity contribution in [3.8, 4) is 0 Å². The minimum atomic E-state index is -0.0919. The monoisotopic (exact) mass is 360 g/mol. The van der Waals surface area contributed by atoms with Crippen LogP contribution in [-0.4, -0.2) is 30.2 Å². The van der Waals surface area contributed by atoms with E-state index in [0.717, 1.165) is 41.5 Å². The minimum Gasteiger partial charge on any atom is -0.376 e. The lowest BCUT2D eigenvalue weighted by atomic mass is 10.1. The molecule has 138 valence electrons. The molecule has 3 aromatic carbocycles. The van der Waals surface area contributed by atoms with Crippen LogP contribution >= 0.6 is 0 Å². The molecule has 1 aliphatic heterocycles. The molecule has 27 heavy (non-hydrogen) atoms. The van der Waals surface area contributed by atoms with Crippen LogP contribution in [-0.2, 0) is 11.3 Å². The van der Waals surface area contributed by atoms with Gasteiger partial charge in [0.15, 0.2) is 0 Å². The number of anilines is 1. The Bertz CT molecular complexity index is 899. The molecule has 1 heterocycles. The van der Waals surface area contributed by atoms with E-state index in [-0.39, 0.29) is 12.1 Å². The molecule has 0 aromatic heterocycles. The van der Waals surface area contributed by atoms with Crippen molar-refractivity contribution >= 4 is 22.5 Å². The van der Waals surface area contributed by atoms with E-state index < -0.39 is 0 Å². The topological polar surface area (TPSA) is 41.6 Å². The molecule has 3 aromatic rings. The number of hydrogen-bond donors (Lipinski definition) is 1. The second-order valence-electron chi connectivity index (χ2n) is 6.96. The number of benzene rings is 3. The average Bonchev–Trinajstić information content (AvgIpc) is 3.22. The third-order valence-corrected chi connectivity index (χ3v) is 4.98. The number of nitrogens with one attached hydrogen (secondary N) is 1. The van der Waals surface area contributed by atoms with Crippen molar-refractivity contribution in [2.45, 2.75) is 25.5 Å². The third kappa shape index (κ3) is 4.29. The van der Waals surface area contributed by atoms with E-state index >= 15 is 0 Å². The Morgan fingerprint density at radius 1 is 1.00 bits per heavy atom. The summed E-state index contributed by atoms with van der Waals surface area (Å²) in [4.78, 5) is 15.0. The molecule has 1 N–H and O–H groups in total. The van der Waals surface area contributed by atoms with Gasteiger partial charge in [-0.2, -0.15) is 0 Å². The van der Waals surface area contributed by atoms with Crippen molar-refractivity contribution in [3.05, 3.63) is 78.4 Å². The van der Waals surface area contributed by atoms with Gasteiger partial charge in [0.25, 0.3) is 0 Å². The SMILES string of the molecule is O=C(Nc1cccc2ccccc12)N(Cc1ccccc1)CC1CCCO1. The number of ether oxygens (including phenoxy) is 1. The van der Waals surface area contributed by atoms with Gasteiger partial charge in [-0.05, 0) is 29.9 Å². The first kappa shape index (κ1) is 17.6. The Morgan fingerprint density at radius 2 is 1.78 bits per heavy atom. The van der Waals surface area contributed by atoms with Crippen LogP contribution in [0.3, 0.4) is 0 Å². The van der Waals surface area contributed by atoms with Gasteiger partial charge in [-0.25, -0.2) is 4.79 Å². The van der Waals surface area contributed by atoms with Gasteiger partial charge in [-0.1, -0.05) is 66.7 Å². The molecule has 0 spiro atoms. The van der Waals surface area contributed by atoms with Crippen LogP contribution in [0.15, 0.2) is 72.8 Å². The predicted molar refractivity (Wildman–Crippen MR) is 109 cm³/mol. The molecule has 0 aliphatic carbocycles. The molecule has 4 heteroatoms. The first-order chi connectivity index (χ1) is 13.3. The second kappa shape index (κ2) is 8.23. The van der Waals surface area contributed by atoms with Gasteiger partial charge < -0.3 is 15.0 Å². The highest BCUT2D eigenvalue weighted by Gasteiger charge is 2.23. The van der Waals surface area contributed by atoms with Crippen molar-refractivity contribution in [1.82, 2.24) is 4.90 Å². The number of rotatable bonds is 5. The maximum atomic E-state index is 13.1. The Labute approximate surface area is 159 Å². The highest BCUT2D eigenvalue weighted by atomic mass is 16.5. The molecule has 0 radical (unpaired) electrons. The van der Waals surface area contributed by atoms with E-state index in [4.69, 9.17) is 4.74 Å². The first-order valence-corrected chi connectivity index (χ1v) is 9.49. The van der Waals surface area contributed by atoms with E-state index in [0.29, 0.717) is 13.1 Å². The Balaban J connectivity index is 1.55. The van der Waals surface area contributed by atoms with Crippen molar-refractivity contribution < 1.29 is 9.53 Å². The average molecular weight is 360 g/mol. The molecule has 1 unspecified atom stereocenters. The lowest BCUT2D eigenvalue weighted by molar-refractivity contribution is 0.0819. The number of fused-ring (bicyclic) bond motifs is 1. The Hall–Kier alpha value is -2.85. The highest BCUT2D eigenvalue weighted by molar-refractivity contribution is 6.01. The lowest BCUT2D eigenvalue weighted by Crippen LogP contribution is -2.39. The van der Waals surface area contributed by atoms with Gasteiger partial charge in [-0.3, -0.25) is 0 Å². The zero-order valence-corrected chi connectivity index (χ0v) is 15.3. The zero-order valence-electron chi connectivity index (χ0n) is 15.3. The van der Waals surface area contributed by atoms with E-state index in [1.807, 2.05) is 65.6 Å². The normalized spacial score (nSPS) is 16.4. The molecule has 4 nitrogen and oxygen atoms in total. The first-order valence-electron chi connectivity index (χ1n) is 9.49. The predicted octanol–water partition coefficient (Wildman–Crippen LogP) is 5.05. The summed E-state index contributed by atoms with van der Waals surface area (Å²) in [6, 6.07) is 24.1. The van der Waals surface area contributed by atoms with Gasteiger partial charge in [-0.15, -0.1) is 0 Å². The van der Waals surface area contributed by atoms with Crippen LogP contribution in [0.5, 0.6) is 0 Å². The molecule has 0 bridgehead atoms. The fraction of sp³-hybridized carbons (Fsp3) is 0.261. The maximum absolute atomic E-state index is 13.1. The van der Waals surface area contributed by atoms with Crippen LogP contribution < -0.4 is 5.32 Å². The van der Waals surface area contributed by atoms with Crippen LogP contribution in [0.2, 0.25) is 0 Å². The van der Waals surface area contributed by atoms with Crippen LogP contribution in [0.4, 0.5) is 10.5 Å². The fourth-order valence-electron chi connectivity index (χ4n) is 3.59. The summed E-state index contributed by atoms with van der Waals surface area (Å²) >= 11 is 0. The summed E-state index contributed by atoms with van der Waals surface area (Å²) in [6.45, 7) is 1.96. The summed E-state index contributed by atoms with van der Waals surface area (Å²) in [6.07, 6.45) is 2.19. The van der Waals surface area contributed by atoms with Gasteiger partial charge in [0, 0.05) is 25.1 Å². The number of amides is 2. The summed E-state index contributed by atoms with van der Waals surface area (Å²) in [5.41, 5.74) is 1.95. The van der Waals surface area contributed by atoms with Gasteiger partial charge in [0.2, 0.25) is 0 Å². The Kier molecular flexibility index (Phi) is 5.35. The standard InChI is InChI=1S/C23H24N2O2/c26-23(24-22-14-6-11-19-10-4-5-13-21(19)22)25(17-20-12-7-15-27-20)16-18-8-2-1-3-9-18/h1-6,8-11,13-14,20H,7,12,15-17H2,(H,24,26). The molecular formula is C23H24N2O2. The Morgan fingerprint density at radius 3 is 2.59 bits per heavy atom. The quantitative estimate of drug-likeness (QED) is 0.691. The molecule has 2 amide bonds. The summed E-state index contributed by atoms with van der Waals surface area (Å²) < 4.78 is 5.77. The van der Waals surface area contributed by atoms with Crippen molar-refractivity contribution in [2.24, 2.45) is 0 Å². The van der Waals surface area contributed by atoms with E-state index in [9.17, 15) is 4.79 Å². The molecule has 1 aliphatic rings. The third-order valence-electron chi connectivity index (χ3n) is 4.98. The molecular weight excluding hydrogens is 336 g/mol. The minimum absolute atomic E-state index is 0.0919. The summed E-state index contributed by atoms with van der Waals surface area (Å²) in [5.74, 6) is 0. The lowest BCUT2D eigenvalue weighted by Gasteiger charge is -2.26. The summed E-state index contributed by atoms with van der Waals surface area (Å²) in [5, 5.41) is 5.27. The number of urea groups is 1. The zero-order chi connectivity index (χ0) is 18.5. The van der Waals surface area contributed by atoms with E-state index in [1.54, 1.807) is 0 Å². The van der Waals surface area contributed by atoms with Gasteiger partial charge >= 0.3 is 6.03 Å². The number of carbonyl (C=O) groups is 1. The molecule has 1 atom stereocenters. The molecule has 1 saturated heterocycles. The number of nitrogens with zero attached hydrogens (tertiary/aromatic N) is 1. The van der Waals surface area contributed by atoms with E-state index in [2.05, 4.69) is 17.4 Å². The second-order valence-corrected chi connectivity index (χ2v) is 6.96. The van der Waals surface area contributed by atoms with E-state index in [1.165, 1.54) is 0 Å². The van der Waals surface area contributed by atoms with Crippen LogP contribution in [0.25, 0.3) is 10.8 Å². The highest BCUT2D eigenvalue weighted by Crippen LogP contribution is 2.24. The van der Waals surface area contributed by atoms with Gasteiger partial charge in [0.1, 0.15) is 0 Å². The molecule has 4 rings (SSSR count). The molecule has 0 saturated carbocycles. The number of carbonyl (C=O) groups excluding carboxylic acids is 1. The van der Waals surface area contributed by atoms with Crippen molar-refractivity contribution in [2.75, 3.05) is 18.5 Å². The molecule has 1 fully saturated rings. The number of hydrogen-bond acceptors (Lipinski definition) is 2.